The van der Waals surface area contributed by atoms with Crippen LogP contribution in [0, 0.1) is 0 Å². The van der Waals surface area contributed by atoms with Gasteiger partial charge in [-0.05, 0) is 6.07 Å². The van der Waals surface area contributed by atoms with Gasteiger partial charge in [0.15, 0.2) is 5.13 Å². The van der Waals surface area contributed by atoms with Gasteiger partial charge in [0, 0.05) is 17.6 Å². The molecule has 0 aliphatic rings. The van der Waals surface area contributed by atoms with E-state index in [-0.39, 0.29) is 11.3 Å². The van der Waals surface area contributed by atoms with E-state index in [4.69, 9.17) is 21.4 Å². The van der Waals surface area contributed by atoms with E-state index in [0.29, 0.717) is 15.8 Å². The zero-order valence-electron chi connectivity index (χ0n) is 9.31. The largest absolute Gasteiger partial charge is 0.496 e. The number of carboxylic acids is 1. The van der Waals surface area contributed by atoms with E-state index in [1.54, 1.807) is 6.20 Å². The van der Waals surface area contributed by atoms with Crippen molar-refractivity contribution in [1.29, 1.82) is 0 Å². The Morgan fingerprint density at radius 2 is 2.33 bits per heavy atom. The number of carbonyl (C=O) groups is 1. The first-order chi connectivity index (χ1) is 8.61. The topological polar surface area (TPSA) is 71.5 Å². The monoisotopic (exact) mass is 284 g/mol. The van der Waals surface area contributed by atoms with Gasteiger partial charge in [0.05, 0.1) is 17.8 Å². The zero-order valence-corrected chi connectivity index (χ0v) is 10.9. The lowest BCUT2D eigenvalue weighted by molar-refractivity contribution is 0.0693. The first-order valence-electron chi connectivity index (χ1n) is 4.89. The molecule has 1 heterocycles. The van der Waals surface area contributed by atoms with Crippen molar-refractivity contribution in [3.8, 4) is 5.75 Å². The Morgan fingerprint density at radius 3 is 2.89 bits per heavy atom. The van der Waals surface area contributed by atoms with Crippen molar-refractivity contribution in [1.82, 2.24) is 4.98 Å². The molecular weight excluding hydrogens is 276 g/mol. The molecule has 2 rings (SSSR count). The fourth-order valence-corrected chi connectivity index (χ4v) is 2.14. The van der Waals surface area contributed by atoms with Crippen molar-refractivity contribution in [3.63, 3.8) is 0 Å². The van der Waals surface area contributed by atoms with Crippen molar-refractivity contribution < 1.29 is 14.6 Å². The quantitative estimate of drug-likeness (QED) is 0.902. The van der Waals surface area contributed by atoms with Gasteiger partial charge in [-0.2, -0.15) is 0 Å². The maximum Gasteiger partial charge on any atom is 0.339 e. The van der Waals surface area contributed by atoms with Crippen LogP contribution in [0.4, 0.5) is 10.8 Å². The molecule has 18 heavy (non-hydrogen) atoms. The minimum absolute atomic E-state index is 0.0205. The van der Waals surface area contributed by atoms with E-state index in [1.165, 1.54) is 30.6 Å². The van der Waals surface area contributed by atoms with Gasteiger partial charge in [-0.3, -0.25) is 0 Å². The van der Waals surface area contributed by atoms with Crippen molar-refractivity contribution in [2.24, 2.45) is 0 Å². The number of carboxylic acid groups (broad SMARTS) is 1. The third-order valence-corrected chi connectivity index (χ3v) is 3.19. The van der Waals surface area contributed by atoms with Crippen LogP contribution in [0.1, 0.15) is 10.4 Å². The Bertz CT molecular complexity index is 572. The number of rotatable bonds is 4. The van der Waals surface area contributed by atoms with Crippen LogP contribution in [-0.4, -0.2) is 23.2 Å². The lowest BCUT2D eigenvalue weighted by atomic mass is 10.2. The van der Waals surface area contributed by atoms with Gasteiger partial charge in [-0.1, -0.05) is 11.6 Å². The highest BCUT2D eigenvalue weighted by Gasteiger charge is 2.15. The van der Waals surface area contributed by atoms with Crippen LogP contribution in [0.25, 0.3) is 0 Å². The molecule has 0 aliphatic carbocycles. The lowest BCUT2D eigenvalue weighted by Gasteiger charge is -2.10. The number of nitrogens with zero attached hydrogens (tertiary/aromatic N) is 1. The van der Waals surface area contributed by atoms with E-state index in [9.17, 15) is 4.79 Å². The third-order valence-electron chi connectivity index (χ3n) is 2.19. The van der Waals surface area contributed by atoms with Gasteiger partial charge in [-0.25, -0.2) is 9.78 Å². The second kappa shape index (κ2) is 5.24. The second-order valence-electron chi connectivity index (χ2n) is 3.30. The Hall–Kier alpha value is -1.79. The predicted octanol–water partition coefficient (Wildman–Crippen LogP) is 3.25. The molecule has 0 unspecified atom stereocenters. The summed E-state index contributed by atoms with van der Waals surface area (Å²) in [6.45, 7) is 0. The van der Waals surface area contributed by atoms with Gasteiger partial charge in [0.1, 0.15) is 11.3 Å². The molecule has 0 fully saturated rings. The van der Waals surface area contributed by atoms with Gasteiger partial charge in [-0.15, -0.1) is 11.3 Å². The predicted molar refractivity (Wildman–Crippen MR) is 70.4 cm³/mol. The van der Waals surface area contributed by atoms with Crippen LogP contribution in [0.2, 0.25) is 5.02 Å². The number of hydrogen-bond donors (Lipinski definition) is 2. The molecule has 0 saturated carbocycles. The Labute approximate surface area is 112 Å². The maximum absolute atomic E-state index is 11.0. The van der Waals surface area contributed by atoms with Crippen LogP contribution in [0.3, 0.4) is 0 Å². The summed E-state index contributed by atoms with van der Waals surface area (Å²) in [5.41, 5.74) is 0.570. The molecule has 5 nitrogen and oxygen atoms in total. The third kappa shape index (κ3) is 2.55. The molecule has 0 radical (unpaired) electrons. The molecule has 7 heteroatoms. The fraction of sp³-hybridized carbons (Fsp3) is 0.0909. The highest BCUT2D eigenvalue weighted by Crippen LogP contribution is 2.33. The van der Waals surface area contributed by atoms with Crippen LogP contribution >= 0.6 is 22.9 Å². The molecule has 0 aliphatic heterocycles. The number of anilines is 2. The van der Waals surface area contributed by atoms with Gasteiger partial charge in [0.25, 0.3) is 0 Å². The number of methoxy groups -OCH3 is 1. The summed E-state index contributed by atoms with van der Waals surface area (Å²) < 4.78 is 5.02. The van der Waals surface area contributed by atoms with Gasteiger partial charge >= 0.3 is 5.97 Å². The number of hydrogen-bond acceptors (Lipinski definition) is 5. The van der Waals surface area contributed by atoms with Crippen LogP contribution < -0.4 is 10.1 Å². The number of halogens is 1. The maximum atomic E-state index is 11.0. The average Bonchev–Trinajstić information content (AvgIpc) is 2.83. The normalized spacial score (nSPS) is 10.1. The first-order valence-corrected chi connectivity index (χ1v) is 6.15. The van der Waals surface area contributed by atoms with Gasteiger partial charge in [0.2, 0.25) is 0 Å². The molecule has 2 aromatic rings. The van der Waals surface area contributed by atoms with E-state index in [1.807, 2.05) is 5.38 Å². The first kappa shape index (κ1) is 12.7. The molecule has 1 aromatic carbocycles. The molecule has 0 saturated heterocycles. The highest BCUT2D eigenvalue weighted by molar-refractivity contribution is 7.13. The van der Waals surface area contributed by atoms with E-state index >= 15 is 0 Å². The van der Waals surface area contributed by atoms with Crippen LogP contribution in [0.5, 0.6) is 5.75 Å². The summed E-state index contributed by atoms with van der Waals surface area (Å²) in [4.78, 5) is 15.0. The molecule has 2 N–H and O–H groups in total. The fourth-order valence-electron chi connectivity index (χ4n) is 1.39. The van der Waals surface area contributed by atoms with Crippen molar-refractivity contribution in [2.45, 2.75) is 0 Å². The summed E-state index contributed by atoms with van der Waals surface area (Å²) in [5.74, 6) is -0.847. The van der Waals surface area contributed by atoms with Gasteiger partial charge < -0.3 is 15.2 Å². The Morgan fingerprint density at radius 1 is 1.56 bits per heavy atom. The summed E-state index contributed by atoms with van der Waals surface area (Å²) in [6, 6.07) is 2.88. The molecule has 1 aromatic heterocycles. The van der Waals surface area contributed by atoms with Crippen LogP contribution in [0.15, 0.2) is 23.7 Å². The average molecular weight is 285 g/mol. The number of nitrogens with one attached hydrogen (secondary N) is 1. The lowest BCUT2D eigenvalue weighted by Crippen LogP contribution is -2.02. The summed E-state index contributed by atoms with van der Waals surface area (Å²) >= 11 is 7.43. The molecule has 0 atom stereocenters. The van der Waals surface area contributed by atoms with Crippen molar-refractivity contribution in [2.75, 3.05) is 12.4 Å². The van der Waals surface area contributed by atoms with E-state index in [2.05, 4.69) is 10.3 Å². The minimum Gasteiger partial charge on any atom is -0.496 e. The SMILES string of the molecule is COc1cc(Nc2nccs2)c(Cl)cc1C(=O)O. The summed E-state index contributed by atoms with van der Waals surface area (Å²) in [7, 11) is 1.41. The summed E-state index contributed by atoms with van der Waals surface area (Å²) in [5, 5.41) is 14.8. The summed E-state index contributed by atoms with van der Waals surface area (Å²) in [6.07, 6.45) is 1.66. The Balaban J connectivity index is 2.40. The molecule has 0 bridgehead atoms. The number of aromatic nitrogens is 1. The smallest absolute Gasteiger partial charge is 0.339 e. The molecule has 94 valence electrons. The van der Waals surface area contributed by atoms with E-state index in [0.717, 1.165) is 0 Å². The standard InChI is InChI=1S/C11H9ClN2O3S/c1-17-9-5-8(14-11-13-2-3-18-11)7(12)4-6(9)10(15)16/h2-5H,1H3,(H,13,14)(H,15,16). The number of benzene rings is 1. The Kier molecular flexibility index (Phi) is 3.69. The number of ether oxygens (including phenoxy) is 1. The molecule has 0 amide bonds. The van der Waals surface area contributed by atoms with Crippen LogP contribution in [-0.2, 0) is 0 Å². The zero-order chi connectivity index (χ0) is 13.1. The van der Waals surface area contributed by atoms with Crippen molar-refractivity contribution in [3.05, 3.63) is 34.3 Å². The molecule has 0 spiro atoms. The highest BCUT2D eigenvalue weighted by atomic mass is 35.5. The van der Waals surface area contributed by atoms with E-state index < -0.39 is 5.97 Å². The number of aromatic carboxylic acids is 1. The second-order valence-corrected chi connectivity index (χ2v) is 4.60. The molecular formula is C11H9ClN2O3S. The van der Waals surface area contributed by atoms with Crippen molar-refractivity contribution >= 4 is 39.7 Å². The minimum atomic E-state index is -1.09. The number of thiazole rings is 1.